The molecule has 0 bridgehead atoms. The number of nitrogens with zero attached hydrogens (tertiary/aromatic N) is 3. The van der Waals surface area contributed by atoms with Crippen LogP contribution in [0.15, 0.2) is 0 Å². The first-order chi connectivity index (χ1) is 9.79. The molecule has 1 aliphatic carbocycles. The Morgan fingerprint density at radius 1 is 1.14 bits per heavy atom. The molecule has 21 heavy (non-hydrogen) atoms. The summed E-state index contributed by atoms with van der Waals surface area (Å²) in [6.45, 7) is 2.15. The minimum atomic E-state index is -1.16. The van der Waals surface area contributed by atoms with Gasteiger partial charge in [-0.15, -0.1) is 0 Å². The van der Waals surface area contributed by atoms with Crippen LogP contribution in [-0.2, 0) is 9.59 Å². The van der Waals surface area contributed by atoms with E-state index in [0.717, 1.165) is 12.8 Å². The molecule has 0 atom stereocenters. The second-order valence-electron chi connectivity index (χ2n) is 6.12. The molecule has 1 N–H and O–H groups in total. The van der Waals surface area contributed by atoms with Crippen LogP contribution in [0.2, 0.25) is 0 Å². The van der Waals surface area contributed by atoms with Crippen molar-refractivity contribution < 1.29 is 19.5 Å². The quantitative estimate of drug-likeness (QED) is 0.827. The van der Waals surface area contributed by atoms with Crippen LogP contribution in [0.4, 0.5) is 4.79 Å². The smallest absolute Gasteiger partial charge is 0.329 e. The molecule has 1 heterocycles. The van der Waals surface area contributed by atoms with Crippen molar-refractivity contribution in [2.75, 3.05) is 27.2 Å². The van der Waals surface area contributed by atoms with Crippen LogP contribution < -0.4 is 0 Å². The van der Waals surface area contributed by atoms with Gasteiger partial charge in [0.15, 0.2) is 0 Å². The maximum absolute atomic E-state index is 12.0. The fourth-order valence-electron chi connectivity index (χ4n) is 3.15. The maximum Gasteiger partial charge on any atom is 0.329 e. The molecule has 2 fully saturated rings. The summed E-state index contributed by atoms with van der Waals surface area (Å²) in [6, 6.07) is -0.0653. The molecule has 118 valence electrons. The normalized spacial score (nSPS) is 20.8. The van der Waals surface area contributed by atoms with Gasteiger partial charge in [-0.3, -0.25) is 4.79 Å². The highest BCUT2D eigenvalue weighted by atomic mass is 16.4. The third-order valence-electron chi connectivity index (χ3n) is 4.35. The van der Waals surface area contributed by atoms with Gasteiger partial charge in [0.05, 0.1) is 0 Å². The predicted octanol–water partition coefficient (Wildman–Crippen LogP) is 0.598. The van der Waals surface area contributed by atoms with Crippen LogP contribution in [0.3, 0.4) is 0 Å². The monoisotopic (exact) mass is 297 g/mol. The molecule has 0 aromatic carbocycles. The number of amides is 3. The van der Waals surface area contributed by atoms with E-state index in [4.69, 9.17) is 0 Å². The second kappa shape index (κ2) is 5.54. The number of hydrogen-bond donors (Lipinski definition) is 1. The molecule has 2 rings (SSSR count). The zero-order chi connectivity index (χ0) is 15.8. The molecular weight excluding hydrogens is 274 g/mol. The van der Waals surface area contributed by atoms with Gasteiger partial charge in [0, 0.05) is 40.2 Å². The van der Waals surface area contributed by atoms with Gasteiger partial charge in [0.25, 0.3) is 0 Å². The number of aliphatic carboxylic acids is 1. The van der Waals surface area contributed by atoms with Gasteiger partial charge in [0.1, 0.15) is 5.54 Å². The molecule has 0 radical (unpaired) electrons. The van der Waals surface area contributed by atoms with Crippen molar-refractivity contribution in [3.8, 4) is 0 Å². The van der Waals surface area contributed by atoms with Crippen LogP contribution in [0.1, 0.15) is 32.6 Å². The second-order valence-corrected chi connectivity index (χ2v) is 6.12. The first kappa shape index (κ1) is 15.6. The lowest BCUT2D eigenvalue weighted by Gasteiger charge is -2.46. The third-order valence-corrected chi connectivity index (χ3v) is 4.35. The molecule has 1 aliphatic heterocycles. The highest BCUT2D eigenvalue weighted by molar-refractivity contribution is 5.87. The number of rotatable bonds is 3. The van der Waals surface area contributed by atoms with E-state index in [1.807, 2.05) is 0 Å². The predicted molar refractivity (Wildman–Crippen MR) is 75.8 cm³/mol. The number of carboxylic acids is 1. The van der Waals surface area contributed by atoms with E-state index in [-0.39, 0.29) is 30.8 Å². The summed E-state index contributed by atoms with van der Waals surface area (Å²) in [5.74, 6) is -1.14. The number of carbonyl (C=O) groups excluding carboxylic acids is 2. The van der Waals surface area contributed by atoms with Gasteiger partial charge < -0.3 is 19.8 Å². The molecule has 2 aliphatic rings. The van der Waals surface area contributed by atoms with E-state index in [1.165, 1.54) is 11.8 Å². The molecular formula is C14H23N3O4. The van der Waals surface area contributed by atoms with Crippen molar-refractivity contribution in [3.05, 3.63) is 0 Å². The third kappa shape index (κ3) is 2.82. The lowest BCUT2D eigenvalue weighted by Crippen LogP contribution is -2.63. The SMILES string of the molecule is CC(=O)N(C1CC1)C1(C(=O)O)CCN(C(=O)N(C)C)CC1. The van der Waals surface area contributed by atoms with Crippen molar-refractivity contribution in [2.24, 2.45) is 0 Å². The van der Waals surface area contributed by atoms with Gasteiger partial charge in [-0.05, 0) is 25.7 Å². The Balaban J connectivity index is 2.17. The van der Waals surface area contributed by atoms with Gasteiger partial charge in [-0.2, -0.15) is 0 Å². The lowest BCUT2D eigenvalue weighted by atomic mass is 9.85. The summed E-state index contributed by atoms with van der Waals surface area (Å²) in [6.07, 6.45) is 2.32. The molecule has 0 spiro atoms. The van der Waals surface area contributed by atoms with Gasteiger partial charge in [0.2, 0.25) is 5.91 Å². The lowest BCUT2D eigenvalue weighted by molar-refractivity contribution is -0.163. The first-order valence-corrected chi connectivity index (χ1v) is 7.29. The van der Waals surface area contributed by atoms with E-state index in [0.29, 0.717) is 13.1 Å². The van der Waals surface area contributed by atoms with Crippen LogP contribution >= 0.6 is 0 Å². The van der Waals surface area contributed by atoms with Crippen LogP contribution in [0.25, 0.3) is 0 Å². The van der Waals surface area contributed by atoms with E-state index in [9.17, 15) is 19.5 Å². The Hall–Kier alpha value is -1.79. The average molecular weight is 297 g/mol. The molecule has 0 aromatic heterocycles. The highest BCUT2D eigenvalue weighted by Gasteiger charge is 2.52. The van der Waals surface area contributed by atoms with Gasteiger partial charge >= 0.3 is 12.0 Å². The maximum atomic E-state index is 12.0. The largest absolute Gasteiger partial charge is 0.479 e. The summed E-state index contributed by atoms with van der Waals surface area (Å²) in [5.41, 5.74) is -1.16. The minimum absolute atomic E-state index is 0.0506. The Labute approximate surface area is 124 Å². The minimum Gasteiger partial charge on any atom is -0.479 e. The van der Waals surface area contributed by atoms with E-state index >= 15 is 0 Å². The summed E-state index contributed by atoms with van der Waals surface area (Å²) in [7, 11) is 3.35. The number of piperidine rings is 1. The van der Waals surface area contributed by atoms with Gasteiger partial charge in [-0.1, -0.05) is 0 Å². The number of likely N-dealkylation sites (tertiary alicyclic amines) is 1. The summed E-state index contributed by atoms with van der Waals surface area (Å²) < 4.78 is 0. The van der Waals surface area contributed by atoms with Crippen LogP contribution in [0, 0.1) is 0 Å². The van der Waals surface area contributed by atoms with E-state index in [1.54, 1.807) is 23.9 Å². The van der Waals surface area contributed by atoms with E-state index in [2.05, 4.69) is 0 Å². The molecule has 1 saturated carbocycles. The zero-order valence-electron chi connectivity index (χ0n) is 12.8. The number of urea groups is 1. The number of hydrogen-bond acceptors (Lipinski definition) is 3. The van der Waals surface area contributed by atoms with Crippen LogP contribution in [0.5, 0.6) is 0 Å². The van der Waals surface area contributed by atoms with E-state index < -0.39 is 11.5 Å². The first-order valence-electron chi connectivity index (χ1n) is 7.29. The summed E-state index contributed by atoms with van der Waals surface area (Å²) >= 11 is 0. The number of carboxylic acid groups (broad SMARTS) is 1. The Kier molecular flexibility index (Phi) is 4.11. The van der Waals surface area contributed by atoms with Crippen molar-refractivity contribution in [1.29, 1.82) is 0 Å². The van der Waals surface area contributed by atoms with Crippen LogP contribution in [-0.4, -0.2) is 76.5 Å². The highest BCUT2D eigenvalue weighted by Crippen LogP contribution is 2.39. The van der Waals surface area contributed by atoms with Crippen molar-refractivity contribution in [1.82, 2.24) is 14.7 Å². The van der Waals surface area contributed by atoms with Crippen molar-refractivity contribution >= 4 is 17.9 Å². The summed E-state index contributed by atoms with van der Waals surface area (Å²) in [4.78, 5) is 40.4. The fourth-order valence-corrected chi connectivity index (χ4v) is 3.15. The number of carbonyl (C=O) groups is 3. The van der Waals surface area contributed by atoms with Crippen molar-refractivity contribution in [3.63, 3.8) is 0 Å². The molecule has 1 saturated heterocycles. The summed E-state index contributed by atoms with van der Waals surface area (Å²) in [5, 5.41) is 9.71. The Morgan fingerprint density at radius 3 is 2.00 bits per heavy atom. The molecule has 7 nitrogen and oxygen atoms in total. The standard InChI is InChI=1S/C14H23N3O4/c1-10(18)17(11-4-5-11)14(12(19)20)6-8-16(9-7-14)13(21)15(2)3/h11H,4-9H2,1-3H3,(H,19,20). The molecule has 3 amide bonds. The average Bonchev–Trinajstić information content (AvgIpc) is 3.22. The molecule has 0 aromatic rings. The molecule has 0 unspecified atom stereocenters. The zero-order valence-corrected chi connectivity index (χ0v) is 12.8. The topological polar surface area (TPSA) is 81.2 Å². The fraction of sp³-hybridized carbons (Fsp3) is 0.786. The Bertz CT molecular complexity index is 451. The van der Waals surface area contributed by atoms with Gasteiger partial charge in [-0.25, -0.2) is 9.59 Å². The van der Waals surface area contributed by atoms with Crippen molar-refractivity contribution in [2.45, 2.75) is 44.2 Å². The molecule has 7 heteroatoms. The Morgan fingerprint density at radius 2 is 1.67 bits per heavy atom.